The average molecular weight is 459 g/mol. The Morgan fingerprint density at radius 3 is 1.97 bits per heavy atom. The van der Waals surface area contributed by atoms with Crippen molar-refractivity contribution in [3.63, 3.8) is 0 Å². The predicted octanol–water partition coefficient (Wildman–Crippen LogP) is 9.05. The van der Waals surface area contributed by atoms with Crippen LogP contribution in [0.5, 0.6) is 0 Å². The van der Waals surface area contributed by atoms with Gasteiger partial charge in [-0.05, 0) is 80.2 Å². The first kappa shape index (κ1) is 25.4. The summed E-state index contributed by atoms with van der Waals surface area (Å²) in [4.78, 5) is 0. The Labute approximate surface area is 197 Å². The Bertz CT molecular complexity index is 898. The molecule has 180 valence electrons. The third kappa shape index (κ3) is 6.65. The lowest BCUT2D eigenvalue weighted by Crippen LogP contribution is -2.16. The van der Waals surface area contributed by atoms with Crippen molar-refractivity contribution in [1.29, 1.82) is 0 Å². The molecule has 1 nitrogen and oxygen atoms in total. The smallest absolute Gasteiger partial charge is 0.162 e. The first-order valence-electron chi connectivity index (χ1n) is 12.3. The number of hydrogen-bond donors (Lipinski definition) is 0. The summed E-state index contributed by atoms with van der Waals surface area (Å²) >= 11 is 0. The molecule has 3 rings (SSSR count). The summed E-state index contributed by atoms with van der Waals surface area (Å²) in [5, 5.41) is 0. The highest BCUT2D eigenvalue weighted by molar-refractivity contribution is 5.36. The molecule has 1 aromatic rings. The SMILES string of the molecule is C=C(/C=C(/F)C(=C)/C=C/C1CCC(c2ccc(C3CCC(C)CC3)c(F)c2F)CC1)OCC. The minimum absolute atomic E-state index is 0.0268. The molecule has 0 spiro atoms. The molecule has 0 bridgehead atoms. The summed E-state index contributed by atoms with van der Waals surface area (Å²) in [5.74, 6) is -0.375. The van der Waals surface area contributed by atoms with Gasteiger partial charge < -0.3 is 4.74 Å². The summed E-state index contributed by atoms with van der Waals surface area (Å²) in [5.41, 5.74) is 1.34. The van der Waals surface area contributed by atoms with Gasteiger partial charge in [0.05, 0.1) is 6.61 Å². The van der Waals surface area contributed by atoms with Crippen LogP contribution in [0.3, 0.4) is 0 Å². The molecule has 0 aliphatic heterocycles. The van der Waals surface area contributed by atoms with Crippen molar-refractivity contribution in [3.8, 4) is 0 Å². The summed E-state index contributed by atoms with van der Waals surface area (Å²) in [6.07, 6.45) is 12.2. The van der Waals surface area contributed by atoms with E-state index in [1.54, 1.807) is 6.08 Å². The van der Waals surface area contributed by atoms with Gasteiger partial charge in [-0.15, -0.1) is 0 Å². The maximum Gasteiger partial charge on any atom is 0.162 e. The summed E-state index contributed by atoms with van der Waals surface area (Å²) in [6, 6.07) is 3.65. The summed E-state index contributed by atoms with van der Waals surface area (Å²) in [6.45, 7) is 11.9. The number of allylic oxidation sites excluding steroid dienone is 5. The van der Waals surface area contributed by atoms with E-state index in [0.717, 1.165) is 51.4 Å². The molecule has 0 unspecified atom stereocenters. The van der Waals surface area contributed by atoms with Crippen molar-refractivity contribution < 1.29 is 17.9 Å². The first-order valence-corrected chi connectivity index (χ1v) is 12.3. The molecule has 1 aromatic carbocycles. The highest BCUT2D eigenvalue weighted by atomic mass is 19.2. The minimum atomic E-state index is -0.653. The lowest BCUT2D eigenvalue weighted by molar-refractivity contribution is 0.243. The van der Waals surface area contributed by atoms with Crippen molar-refractivity contribution in [3.05, 3.63) is 83.4 Å². The molecule has 0 atom stereocenters. The lowest BCUT2D eigenvalue weighted by Gasteiger charge is -2.29. The van der Waals surface area contributed by atoms with Crippen LogP contribution >= 0.6 is 0 Å². The maximum atomic E-state index is 15.0. The van der Waals surface area contributed by atoms with E-state index in [1.807, 2.05) is 25.1 Å². The van der Waals surface area contributed by atoms with Crippen LogP contribution in [0.1, 0.15) is 88.2 Å². The quantitative estimate of drug-likeness (QED) is 0.279. The fourth-order valence-electron chi connectivity index (χ4n) is 5.20. The average Bonchev–Trinajstić information content (AvgIpc) is 2.80. The summed E-state index contributed by atoms with van der Waals surface area (Å²) < 4.78 is 49.3. The van der Waals surface area contributed by atoms with Gasteiger partial charge in [0.2, 0.25) is 0 Å². The molecule has 0 radical (unpaired) electrons. The van der Waals surface area contributed by atoms with Crippen molar-refractivity contribution in [1.82, 2.24) is 0 Å². The van der Waals surface area contributed by atoms with Crippen LogP contribution in [0.4, 0.5) is 13.2 Å². The normalized spacial score (nSPS) is 26.4. The maximum absolute atomic E-state index is 15.0. The number of rotatable bonds is 8. The van der Waals surface area contributed by atoms with Gasteiger partial charge in [0.1, 0.15) is 11.6 Å². The topological polar surface area (TPSA) is 9.23 Å². The molecule has 0 N–H and O–H groups in total. The lowest BCUT2D eigenvalue weighted by atomic mass is 9.76. The molecule has 2 aliphatic carbocycles. The Morgan fingerprint density at radius 1 is 0.939 bits per heavy atom. The van der Waals surface area contributed by atoms with Crippen LogP contribution in [0.25, 0.3) is 0 Å². The third-order valence-electron chi connectivity index (χ3n) is 7.30. The minimum Gasteiger partial charge on any atom is -0.494 e. The van der Waals surface area contributed by atoms with Crippen LogP contribution < -0.4 is 0 Å². The summed E-state index contributed by atoms with van der Waals surface area (Å²) in [7, 11) is 0. The van der Waals surface area contributed by atoms with Crippen molar-refractivity contribution >= 4 is 0 Å². The number of benzene rings is 1. The fourth-order valence-corrected chi connectivity index (χ4v) is 5.20. The molecule has 0 heterocycles. The second kappa shape index (κ2) is 11.8. The first-order chi connectivity index (χ1) is 15.8. The van der Waals surface area contributed by atoms with E-state index >= 15 is 4.39 Å². The zero-order valence-electron chi connectivity index (χ0n) is 20.0. The molecule has 33 heavy (non-hydrogen) atoms. The van der Waals surface area contributed by atoms with Crippen molar-refractivity contribution in [2.75, 3.05) is 6.61 Å². The molecule has 0 aromatic heterocycles. The Kier molecular flexibility index (Phi) is 9.05. The number of hydrogen-bond acceptors (Lipinski definition) is 1. The van der Waals surface area contributed by atoms with Gasteiger partial charge >= 0.3 is 0 Å². The standard InChI is InChI=1S/C29H37F3O/c1-5-33-21(4)18-27(30)20(3)8-9-22-10-14-24(15-11-22)26-17-16-25(28(31)29(26)32)23-12-6-19(2)7-13-23/h8-9,16-19,22-24H,3-7,10-15H2,1-2H3/b9-8+,27-18+. The predicted molar refractivity (Wildman–Crippen MR) is 130 cm³/mol. The van der Waals surface area contributed by atoms with Gasteiger partial charge in [-0.25, -0.2) is 13.2 Å². The van der Waals surface area contributed by atoms with E-state index in [0.29, 0.717) is 23.7 Å². The molecule has 0 saturated heterocycles. The molecular weight excluding hydrogens is 421 g/mol. The second-order valence-corrected chi connectivity index (χ2v) is 9.72. The molecule has 0 amide bonds. The molecule has 4 heteroatoms. The van der Waals surface area contributed by atoms with Crippen LogP contribution in [0.2, 0.25) is 0 Å². The van der Waals surface area contributed by atoms with E-state index in [1.165, 1.54) is 6.08 Å². The monoisotopic (exact) mass is 458 g/mol. The van der Waals surface area contributed by atoms with Gasteiger partial charge in [0, 0.05) is 11.6 Å². The van der Waals surface area contributed by atoms with Gasteiger partial charge in [-0.1, -0.05) is 57.2 Å². The van der Waals surface area contributed by atoms with Crippen LogP contribution in [0, 0.1) is 23.5 Å². The molecule has 2 aliphatic rings. The van der Waals surface area contributed by atoms with Gasteiger partial charge in [-0.2, -0.15) is 0 Å². The van der Waals surface area contributed by atoms with Gasteiger partial charge in [0.15, 0.2) is 11.6 Å². The van der Waals surface area contributed by atoms with E-state index in [4.69, 9.17) is 4.74 Å². The zero-order chi connectivity index (χ0) is 24.0. The van der Waals surface area contributed by atoms with Gasteiger partial charge in [0.25, 0.3) is 0 Å². The zero-order valence-corrected chi connectivity index (χ0v) is 20.0. The Balaban J connectivity index is 1.57. The third-order valence-corrected chi connectivity index (χ3v) is 7.30. The molecule has 2 saturated carbocycles. The van der Waals surface area contributed by atoms with Crippen LogP contribution in [-0.2, 0) is 4.74 Å². The highest BCUT2D eigenvalue weighted by Crippen LogP contribution is 2.41. The highest BCUT2D eigenvalue weighted by Gasteiger charge is 2.28. The molecular formula is C29H37F3O. The van der Waals surface area contributed by atoms with E-state index < -0.39 is 17.5 Å². The Morgan fingerprint density at radius 2 is 1.45 bits per heavy atom. The largest absolute Gasteiger partial charge is 0.494 e. The van der Waals surface area contributed by atoms with E-state index in [9.17, 15) is 8.78 Å². The van der Waals surface area contributed by atoms with Gasteiger partial charge in [-0.3, -0.25) is 0 Å². The van der Waals surface area contributed by atoms with Crippen LogP contribution in [0.15, 0.2) is 60.7 Å². The fraction of sp³-hybridized carbons (Fsp3) is 0.517. The number of halogens is 3. The second-order valence-electron chi connectivity index (χ2n) is 9.72. The Hall–Kier alpha value is -2.23. The van der Waals surface area contributed by atoms with E-state index in [-0.39, 0.29) is 29.1 Å². The number of ether oxygens (including phenoxy) is 1. The van der Waals surface area contributed by atoms with Crippen molar-refractivity contribution in [2.24, 2.45) is 11.8 Å². The van der Waals surface area contributed by atoms with E-state index in [2.05, 4.69) is 20.1 Å². The van der Waals surface area contributed by atoms with Crippen LogP contribution in [-0.4, -0.2) is 6.61 Å². The van der Waals surface area contributed by atoms with Crippen molar-refractivity contribution in [2.45, 2.75) is 77.0 Å². The molecule has 2 fully saturated rings.